The number of halogens is 3. The average Bonchev–Trinajstić information content (AvgIpc) is 2.88. The van der Waals surface area contributed by atoms with Gasteiger partial charge in [0.2, 0.25) is 6.41 Å². The monoisotopic (exact) mass is 567 g/mol. The van der Waals surface area contributed by atoms with E-state index < -0.39 is 39.7 Å². The highest BCUT2D eigenvalue weighted by molar-refractivity contribution is 7.91. The first-order valence-electron chi connectivity index (χ1n) is 11.3. The van der Waals surface area contributed by atoms with Crippen LogP contribution in [-0.4, -0.2) is 56.3 Å². The number of ether oxygens (including phenoxy) is 3. The number of nitrogens with zero attached hydrogens (tertiary/aromatic N) is 1. The van der Waals surface area contributed by atoms with Crippen molar-refractivity contribution in [1.82, 2.24) is 5.06 Å². The van der Waals surface area contributed by atoms with Crippen molar-refractivity contribution in [2.75, 3.05) is 12.9 Å². The summed E-state index contributed by atoms with van der Waals surface area (Å²) in [5.74, 6) is -1.08. The normalized spacial score (nSPS) is 12.3. The standard InChI is InChI=1S/C26H24F3NO8S/c1-36-25(32)15-19-4-2-3-18(13-19)14-20(30(33)17-31)16-39(34,35)24-11-9-22(10-12-24)37-21-5-7-23(8-6-21)38-26(27,28)29/h2-13,17,20,33H,14-16H2,1H3. The van der Waals surface area contributed by atoms with Gasteiger partial charge in [0, 0.05) is 0 Å². The highest BCUT2D eigenvalue weighted by Gasteiger charge is 2.31. The summed E-state index contributed by atoms with van der Waals surface area (Å²) >= 11 is 0. The van der Waals surface area contributed by atoms with E-state index in [1.54, 1.807) is 24.3 Å². The minimum atomic E-state index is -4.82. The van der Waals surface area contributed by atoms with Crippen LogP contribution in [0.3, 0.4) is 0 Å². The van der Waals surface area contributed by atoms with Crippen molar-refractivity contribution in [2.45, 2.75) is 30.1 Å². The second kappa shape index (κ2) is 12.6. The molecule has 0 saturated carbocycles. The first-order valence-corrected chi connectivity index (χ1v) is 13.0. The number of methoxy groups -OCH3 is 1. The van der Waals surface area contributed by atoms with Crippen molar-refractivity contribution < 1.29 is 50.6 Å². The van der Waals surface area contributed by atoms with E-state index in [1.807, 2.05) is 0 Å². The van der Waals surface area contributed by atoms with E-state index >= 15 is 0 Å². The number of esters is 1. The summed E-state index contributed by atoms with van der Waals surface area (Å²) in [6.07, 6.45) is -4.72. The molecule has 1 amide bonds. The fourth-order valence-electron chi connectivity index (χ4n) is 3.60. The molecule has 1 unspecified atom stereocenters. The van der Waals surface area contributed by atoms with E-state index in [-0.39, 0.29) is 40.7 Å². The van der Waals surface area contributed by atoms with Crippen molar-refractivity contribution in [3.63, 3.8) is 0 Å². The molecular weight excluding hydrogens is 543 g/mol. The van der Waals surface area contributed by atoms with Gasteiger partial charge in [-0.2, -0.15) is 0 Å². The third kappa shape index (κ3) is 9.00. The Morgan fingerprint density at radius 1 is 0.974 bits per heavy atom. The van der Waals surface area contributed by atoms with Gasteiger partial charge in [-0.3, -0.25) is 14.8 Å². The molecule has 0 aliphatic rings. The van der Waals surface area contributed by atoms with Gasteiger partial charge in [-0.15, -0.1) is 13.2 Å². The first-order chi connectivity index (χ1) is 18.4. The molecule has 1 N–H and O–H groups in total. The van der Waals surface area contributed by atoms with Gasteiger partial charge in [0.1, 0.15) is 17.2 Å². The number of hydroxylamine groups is 2. The molecule has 3 aromatic carbocycles. The number of amides is 1. The quantitative estimate of drug-likeness (QED) is 0.149. The molecule has 0 radical (unpaired) electrons. The van der Waals surface area contributed by atoms with E-state index in [4.69, 9.17) is 4.74 Å². The lowest BCUT2D eigenvalue weighted by atomic mass is 10.0. The Balaban J connectivity index is 1.70. The summed E-state index contributed by atoms with van der Waals surface area (Å²) in [5.41, 5.74) is 1.21. The van der Waals surface area contributed by atoms with E-state index in [9.17, 15) is 36.4 Å². The lowest BCUT2D eigenvalue weighted by molar-refractivity contribution is -0.274. The zero-order valence-corrected chi connectivity index (χ0v) is 21.3. The Kier molecular flexibility index (Phi) is 9.54. The summed E-state index contributed by atoms with van der Waals surface area (Å²) in [6, 6.07) is 15.5. The van der Waals surface area contributed by atoms with Crippen LogP contribution < -0.4 is 9.47 Å². The molecule has 13 heteroatoms. The number of carbonyl (C=O) groups is 2. The minimum Gasteiger partial charge on any atom is -0.469 e. The average molecular weight is 568 g/mol. The number of alkyl halides is 3. The molecule has 0 heterocycles. The topological polar surface area (TPSA) is 119 Å². The van der Waals surface area contributed by atoms with Crippen molar-refractivity contribution in [3.05, 3.63) is 83.9 Å². The summed E-state index contributed by atoms with van der Waals surface area (Å²) in [5, 5.41) is 10.4. The van der Waals surface area contributed by atoms with Crippen LogP contribution in [0, 0.1) is 0 Å². The van der Waals surface area contributed by atoms with Gasteiger partial charge in [0.15, 0.2) is 9.84 Å². The maximum atomic E-state index is 13.1. The van der Waals surface area contributed by atoms with E-state index in [1.165, 1.54) is 43.5 Å². The Bertz CT molecular complexity index is 1380. The largest absolute Gasteiger partial charge is 0.573 e. The maximum absolute atomic E-state index is 13.1. The fourth-order valence-corrected chi connectivity index (χ4v) is 5.12. The summed E-state index contributed by atoms with van der Waals surface area (Å²) in [4.78, 5) is 22.7. The second-order valence-corrected chi connectivity index (χ2v) is 10.3. The predicted octanol–water partition coefficient (Wildman–Crippen LogP) is 4.33. The Labute approximate surface area is 222 Å². The number of sulfone groups is 1. The first kappa shape index (κ1) is 29.5. The third-order valence-corrected chi connectivity index (χ3v) is 7.22. The summed E-state index contributed by atoms with van der Waals surface area (Å²) < 4.78 is 77.0. The molecule has 208 valence electrons. The number of hydrogen-bond acceptors (Lipinski definition) is 8. The molecule has 0 bridgehead atoms. The Hall–Kier alpha value is -4.10. The third-order valence-electron chi connectivity index (χ3n) is 5.41. The van der Waals surface area contributed by atoms with Gasteiger partial charge in [0.05, 0.1) is 30.2 Å². The zero-order valence-electron chi connectivity index (χ0n) is 20.5. The molecule has 1 atom stereocenters. The van der Waals surface area contributed by atoms with E-state index in [2.05, 4.69) is 9.47 Å². The van der Waals surface area contributed by atoms with Gasteiger partial charge in [0.25, 0.3) is 0 Å². The second-order valence-electron chi connectivity index (χ2n) is 8.29. The molecular formula is C26H24F3NO8S. The maximum Gasteiger partial charge on any atom is 0.573 e. The Morgan fingerprint density at radius 2 is 1.54 bits per heavy atom. The molecule has 0 spiro atoms. The smallest absolute Gasteiger partial charge is 0.469 e. The summed E-state index contributed by atoms with van der Waals surface area (Å²) in [7, 11) is -2.74. The molecule has 3 aromatic rings. The van der Waals surface area contributed by atoms with Gasteiger partial charge in [-0.05, 0) is 66.1 Å². The molecule has 0 aromatic heterocycles. The van der Waals surface area contributed by atoms with Crippen molar-refractivity contribution in [2.24, 2.45) is 0 Å². The van der Waals surface area contributed by atoms with Crippen LogP contribution in [0.2, 0.25) is 0 Å². The van der Waals surface area contributed by atoms with Crippen molar-refractivity contribution in [3.8, 4) is 17.2 Å². The van der Waals surface area contributed by atoms with Crippen LogP contribution in [0.5, 0.6) is 17.2 Å². The highest BCUT2D eigenvalue weighted by atomic mass is 32.2. The van der Waals surface area contributed by atoms with Crippen LogP contribution in [0.1, 0.15) is 11.1 Å². The molecule has 0 aliphatic heterocycles. The van der Waals surface area contributed by atoms with Gasteiger partial charge in [-0.25, -0.2) is 13.5 Å². The van der Waals surface area contributed by atoms with Crippen LogP contribution in [0.25, 0.3) is 0 Å². The molecule has 39 heavy (non-hydrogen) atoms. The van der Waals surface area contributed by atoms with Crippen molar-refractivity contribution in [1.29, 1.82) is 0 Å². The van der Waals surface area contributed by atoms with Crippen LogP contribution in [-0.2, 0) is 37.0 Å². The van der Waals surface area contributed by atoms with Crippen LogP contribution in [0.4, 0.5) is 13.2 Å². The number of rotatable bonds is 12. The number of hydrogen-bond donors (Lipinski definition) is 1. The van der Waals surface area contributed by atoms with Crippen LogP contribution in [0.15, 0.2) is 77.7 Å². The molecule has 0 aliphatic carbocycles. The molecule has 0 fully saturated rings. The number of benzene rings is 3. The fraction of sp³-hybridized carbons (Fsp3) is 0.231. The van der Waals surface area contributed by atoms with Gasteiger partial charge in [-0.1, -0.05) is 24.3 Å². The molecule has 9 nitrogen and oxygen atoms in total. The molecule has 3 rings (SSSR count). The predicted molar refractivity (Wildman–Crippen MR) is 131 cm³/mol. The summed E-state index contributed by atoms with van der Waals surface area (Å²) in [6.45, 7) is 0. The minimum absolute atomic E-state index is 0.00370. The van der Waals surface area contributed by atoms with Gasteiger partial charge >= 0.3 is 12.3 Å². The number of carbonyl (C=O) groups excluding carboxylic acids is 2. The molecule has 0 saturated heterocycles. The van der Waals surface area contributed by atoms with E-state index in [0.717, 1.165) is 12.1 Å². The zero-order chi connectivity index (χ0) is 28.6. The van der Waals surface area contributed by atoms with Crippen molar-refractivity contribution >= 4 is 22.2 Å². The highest BCUT2D eigenvalue weighted by Crippen LogP contribution is 2.28. The SMILES string of the molecule is COC(=O)Cc1cccc(CC(CS(=O)(=O)c2ccc(Oc3ccc(OC(F)(F)F)cc3)cc2)N(O)C=O)c1. The lowest BCUT2D eigenvalue weighted by Crippen LogP contribution is -2.38. The van der Waals surface area contributed by atoms with E-state index in [0.29, 0.717) is 11.1 Å². The van der Waals surface area contributed by atoms with Crippen LogP contribution >= 0.6 is 0 Å². The van der Waals surface area contributed by atoms with Gasteiger partial charge < -0.3 is 14.2 Å². The lowest BCUT2D eigenvalue weighted by Gasteiger charge is -2.23. The Morgan fingerprint density at radius 3 is 2.10 bits per heavy atom.